The molecule has 1 unspecified atom stereocenters. The highest BCUT2D eigenvalue weighted by Crippen LogP contribution is 2.35. The number of aromatic nitrogens is 4. The molecule has 0 saturated heterocycles. The van der Waals surface area contributed by atoms with Gasteiger partial charge in [-0.05, 0) is 56.7 Å². The molecule has 1 N–H and O–H groups in total. The summed E-state index contributed by atoms with van der Waals surface area (Å²) < 4.78 is 4.63. The zero-order valence-corrected chi connectivity index (χ0v) is 20.5. The molecule has 8 nitrogen and oxygen atoms in total. The van der Waals surface area contributed by atoms with Gasteiger partial charge in [-0.1, -0.05) is 25.1 Å². The summed E-state index contributed by atoms with van der Waals surface area (Å²) in [4.78, 5) is 46.2. The van der Waals surface area contributed by atoms with E-state index < -0.39 is 5.91 Å². The van der Waals surface area contributed by atoms with Crippen molar-refractivity contribution in [1.82, 2.24) is 18.9 Å². The number of carbonyl (C=O) groups excluding carboxylic acids is 1. The van der Waals surface area contributed by atoms with Crippen molar-refractivity contribution in [2.45, 2.75) is 46.6 Å². The zero-order chi connectivity index (χ0) is 24.1. The number of carbonyl (C=O) groups is 1. The SMILES string of the molecule is Cc1nc2sc3c(c2c(=O)n1CC(=O)Nc1c(C)n(C)n(-c2ccccc2)c1=O)CCC(C)C3. The lowest BCUT2D eigenvalue weighted by Gasteiger charge is -2.17. The number of nitrogens with zero attached hydrogens (tertiary/aromatic N) is 4. The van der Waals surface area contributed by atoms with Crippen molar-refractivity contribution in [3.8, 4) is 5.69 Å². The van der Waals surface area contributed by atoms with Gasteiger partial charge in [0, 0.05) is 11.9 Å². The van der Waals surface area contributed by atoms with Gasteiger partial charge in [-0.3, -0.25) is 23.6 Å². The van der Waals surface area contributed by atoms with Crippen LogP contribution in [0.3, 0.4) is 0 Å². The van der Waals surface area contributed by atoms with E-state index in [1.165, 1.54) is 14.1 Å². The Morgan fingerprint density at radius 1 is 1.18 bits per heavy atom. The fourth-order valence-electron chi connectivity index (χ4n) is 4.75. The number of aryl methyl sites for hydroxylation is 2. The largest absolute Gasteiger partial charge is 0.318 e. The first-order valence-electron chi connectivity index (χ1n) is 11.4. The Kier molecular flexibility index (Phi) is 5.51. The van der Waals surface area contributed by atoms with E-state index in [1.807, 2.05) is 30.3 Å². The fraction of sp³-hybridized carbons (Fsp3) is 0.360. The molecular formula is C25H27N5O3S. The highest BCUT2D eigenvalue weighted by atomic mass is 32.1. The highest BCUT2D eigenvalue weighted by molar-refractivity contribution is 7.18. The van der Waals surface area contributed by atoms with Crippen LogP contribution in [0.15, 0.2) is 39.9 Å². The predicted molar refractivity (Wildman–Crippen MR) is 134 cm³/mol. The molecule has 0 spiro atoms. The third kappa shape index (κ3) is 3.60. The third-order valence-electron chi connectivity index (χ3n) is 6.73. The standard InChI is InChI=1S/C25H27N5O3S/c1-14-10-11-18-19(12-14)34-23-21(18)24(32)29(16(3)26-23)13-20(31)27-22-15(2)28(4)30(25(22)33)17-8-6-5-7-9-17/h5-9,14H,10-13H2,1-4H3,(H,27,31). The van der Waals surface area contributed by atoms with Gasteiger partial charge in [-0.2, -0.15) is 0 Å². The number of nitrogens with one attached hydrogen (secondary N) is 1. The van der Waals surface area contributed by atoms with Crippen molar-refractivity contribution < 1.29 is 4.79 Å². The molecule has 3 aromatic heterocycles. The smallest absolute Gasteiger partial charge is 0.295 e. The minimum absolute atomic E-state index is 0.184. The van der Waals surface area contributed by atoms with Gasteiger partial charge in [0.25, 0.3) is 11.1 Å². The molecule has 1 aliphatic carbocycles. The van der Waals surface area contributed by atoms with Crippen LogP contribution in [0.4, 0.5) is 5.69 Å². The maximum Gasteiger partial charge on any atom is 0.295 e. The second-order valence-electron chi connectivity index (χ2n) is 9.07. The molecule has 1 aliphatic rings. The third-order valence-corrected chi connectivity index (χ3v) is 7.87. The molecule has 1 aromatic carbocycles. The summed E-state index contributed by atoms with van der Waals surface area (Å²) >= 11 is 1.60. The van der Waals surface area contributed by atoms with E-state index in [2.05, 4.69) is 17.2 Å². The van der Waals surface area contributed by atoms with E-state index in [1.54, 1.807) is 36.9 Å². The number of para-hydroxylation sites is 1. The van der Waals surface area contributed by atoms with Crippen molar-refractivity contribution in [3.05, 3.63) is 73.0 Å². The van der Waals surface area contributed by atoms with E-state index in [-0.39, 0.29) is 23.4 Å². The molecule has 9 heteroatoms. The van der Waals surface area contributed by atoms with Crippen molar-refractivity contribution >= 4 is 33.1 Å². The first-order chi connectivity index (χ1) is 16.3. The molecule has 3 heterocycles. The van der Waals surface area contributed by atoms with E-state index >= 15 is 0 Å². The first-order valence-corrected chi connectivity index (χ1v) is 12.2. The quantitative estimate of drug-likeness (QED) is 0.488. The molecular weight excluding hydrogens is 450 g/mol. The van der Waals surface area contributed by atoms with Gasteiger partial charge in [-0.25, -0.2) is 9.67 Å². The van der Waals surface area contributed by atoms with Crippen molar-refractivity contribution in [2.75, 3.05) is 5.32 Å². The van der Waals surface area contributed by atoms with Crippen LogP contribution in [0.25, 0.3) is 15.9 Å². The van der Waals surface area contributed by atoms with E-state index in [9.17, 15) is 14.4 Å². The summed E-state index contributed by atoms with van der Waals surface area (Å²) in [6.45, 7) is 5.55. The lowest BCUT2D eigenvalue weighted by atomic mass is 9.89. The van der Waals surface area contributed by atoms with Crippen LogP contribution in [0, 0.1) is 19.8 Å². The van der Waals surface area contributed by atoms with E-state index in [4.69, 9.17) is 0 Å². The van der Waals surface area contributed by atoms with Gasteiger partial charge >= 0.3 is 0 Å². The molecule has 0 radical (unpaired) electrons. The topological polar surface area (TPSA) is 90.9 Å². The number of amides is 1. The maximum absolute atomic E-state index is 13.4. The van der Waals surface area contributed by atoms with Crippen molar-refractivity contribution in [3.63, 3.8) is 0 Å². The van der Waals surface area contributed by atoms with Gasteiger partial charge in [-0.15, -0.1) is 11.3 Å². The normalized spacial score (nSPS) is 15.5. The Labute approximate surface area is 200 Å². The summed E-state index contributed by atoms with van der Waals surface area (Å²) in [5.41, 5.74) is 2.12. The molecule has 1 atom stereocenters. The van der Waals surface area contributed by atoms with Crippen molar-refractivity contribution in [1.29, 1.82) is 0 Å². The van der Waals surface area contributed by atoms with Gasteiger partial charge in [0.05, 0.1) is 16.8 Å². The summed E-state index contributed by atoms with van der Waals surface area (Å²) in [7, 11) is 1.77. The van der Waals surface area contributed by atoms with Crippen LogP contribution in [-0.2, 0) is 31.2 Å². The Hall–Kier alpha value is -3.46. The number of hydrogen-bond donors (Lipinski definition) is 1. The van der Waals surface area contributed by atoms with Gasteiger partial charge in [0.1, 0.15) is 22.9 Å². The number of hydrogen-bond acceptors (Lipinski definition) is 5. The first kappa shape index (κ1) is 22.3. The van der Waals surface area contributed by atoms with Crippen LogP contribution in [0.5, 0.6) is 0 Å². The molecule has 0 saturated carbocycles. The highest BCUT2D eigenvalue weighted by Gasteiger charge is 2.25. The van der Waals surface area contributed by atoms with Crippen LogP contribution in [-0.4, -0.2) is 24.8 Å². The number of thiophene rings is 1. The summed E-state index contributed by atoms with van der Waals surface area (Å²) in [6, 6.07) is 9.25. The molecule has 4 aromatic rings. The van der Waals surface area contributed by atoms with Crippen LogP contribution in [0.2, 0.25) is 0 Å². The minimum atomic E-state index is -0.435. The lowest BCUT2D eigenvalue weighted by molar-refractivity contribution is -0.116. The predicted octanol–water partition coefficient (Wildman–Crippen LogP) is 3.33. The minimum Gasteiger partial charge on any atom is -0.318 e. The molecule has 0 aliphatic heterocycles. The van der Waals surface area contributed by atoms with Crippen LogP contribution in [0.1, 0.15) is 35.3 Å². The average molecular weight is 478 g/mol. The fourth-order valence-corrected chi connectivity index (χ4v) is 6.16. The Morgan fingerprint density at radius 3 is 2.65 bits per heavy atom. The number of anilines is 1. The molecule has 34 heavy (non-hydrogen) atoms. The van der Waals surface area contributed by atoms with Crippen LogP contribution >= 0.6 is 11.3 Å². The second kappa shape index (κ2) is 8.39. The summed E-state index contributed by atoms with van der Waals surface area (Å²) in [5, 5.41) is 3.39. The number of fused-ring (bicyclic) bond motifs is 3. The monoisotopic (exact) mass is 477 g/mol. The maximum atomic E-state index is 13.4. The number of rotatable bonds is 4. The average Bonchev–Trinajstić information content (AvgIpc) is 3.26. The van der Waals surface area contributed by atoms with Gasteiger partial charge in [0.2, 0.25) is 5.91 Å². The molecule has 176 valence electrons. The van der Waals surface area contributed by atoms with Crippen LogP contribution < -0.4 is 16.4 Å². The Morgan fingerprint density at radius 2 is 1.91 bits per heavy atom. The van der Waals surface area contributed by atoms with E-state index in [0.717, 1.165) is 29.7 Å². The summed E-state index contributed by atoms with van der Waals surface area (Å²) in [6.07, 6.45) is 2.88. The van der Waals surface area contributed by atoms with E-state index in [0.29, 0.717) is 28.5 Å². The molecule has 0 fully saturated rings. The van der Waals surface area contributed by atoms with Crippen molar-refractivity contribution in [2.24, 2.45) is 13.0 Å². The molecule has 1 amide bonds. The second-order valence-corrected chi connectivity index (χ2v) is 10.2. The lowest BCUT2D eigenvalue weighted by Crippen LogP contribution is -2.31. The Balaban J connectivity index is 1.48. The Bertz CT molecular complexity index is 1540. The molecule has 0 bridgehead atoms. The van der Waals surface area contributed by atoms with Gasteiger partial charge in [0.15, 0.2) is 0 Å². The zero-order valence-electron chi connectivity index (χ0n) is 19.7. The van der Waals surface area contributed by atoms with Gasteiger partial charge < -0.3 is 5.32 Å². The summed E-state index contributed by atoms with van der Waals surface area (Å²) in [5.74, 6) is 0.657. The number of benzene rings is 1. The molecule has 5 rings (SSSR count).